The molecule has 1 aromatic carbocycles. The average Bonchev–Trinajstić information content (AvgIpc) is 2.85. The predicted molar refractivity (Wildman–Crippen MR) is 127 cm³/mol. The summed E-state index contributed by atoms with van der Waals surface area (Å²) in [4.78, 5) is 28.1. The van der Waals surface area contributed by atoms with Gasteiger partial charge in [0.2, 0.25) is 0 Å². The maximum atomic E-state index is 12.6. The maximum Gasteiger partial charge on any atom is 0.317 e. The summed E-state index contributed by atoms with van der Waals surface area (Å²) in [5, 5.41) is 12.2. The van der Waals surface area contributed by atoms with E-state index in [1.807, 2.05) is 4.90 Å². The Morgan fingerprint density at radius 2 is 1.58 bits per heavy atom. The zero-order valence-corrected chi connectivity index (χ0v) is 19.7. The number of aliphatic carboxylic acids is 1. The van der Waals surface area contributed by atoms with E-state index < -0.39 is 5.97 Å². The number of hydrogen-bond donors (Lipinski definition) is 2. The van der Waals surface area contributed by atoms with Gasteiger partial charge in [0.15, 0.2) is 0 Å². The molecule has 2 heterocycles. The van der Waals surface area contributed by atoms with Crippen LogP contribution in [0.15, 0.2) is 30.3 Å². The molecule has 33 heavy (non-hydrogen) atoms. The Bertz CT molecular complexity index is 750. The van der Waals surface area contributed by atoms with Crippen LogP contribution in [-0.2, 0) is 16.1 Å². The lowest BCUT2D eigenvalue weighted by Gasteiger charge is -2.36. The van der Waals surface area contributed by atoms with Crippen molar-refractivity contribution in [3.63, 3.8) is 0 Å². The largest absolute Gasteiger partial charge is 0.481 e. The van der Waals surface area contributed by atoms with E-state index in [1.165, 1.54) is 5.56 Å². The molecule has 0 unspecified atom stereocenters. The molecular formula is C26H39N3O4. The molecule has 2 saturated heterocycles. The number of hydrogen-bond acceptors (Lipinski definition) is 4. The quantitative estimate of drug-likeness (QED) is 0.652. The van der Waals surface area contributed by atoms with Gasteiger partial charge in [-0.1, -0.05) is 30.3 Å². The minimum absolute atomic E-state index is 0.0129. The van der Waals surface area contributed by atoms with Crippen LogP contribution in [-0.4, -0.2) is 71.8 Å². The van der Waals surface area contributed by atoms with Gasteiger partial charge in [-0.2, -0.15) is 0 Å². The third kappa shape index (κ3) is 7.18. The molecule has 1 saturated carbocycles. The molecule has 7 heteroatoms. The molecule has 182 valence electrons. The predicted octanol–water partition coefficient (Wildman–Crippen LogP) is 3.73. The van der Waals surface area contributed by atoms with Gasteiger partial charge in [0.05, 0.1) is 12.0 Å². The second kappa shape index (κ2) is 11.8. The van der Waals surface area contributed by atoms with E-state index in [2.05, 4.69) is 40.5 Å². The first-order chi connectivity index (χ1) is 16.1. The van der Waals surface area contributed by atoms with Crippen LogP contribution in [0.3, 0.4) is 0 Å². The number of urea groups is 1. The Morgan fingerprint density at radius 3 is 2.21 bits per heavy atom. The van der Waals surface area contributed by atoms with E-state index in [0.29, 0.717) is 24.9 Å². The molecular weight excluding hydrogens is 418 g/mol. The van der Waals surface area contributed by atoms with Crippen molar-refractivity contribution >= 4 is 12.0 Å². The standard InChI is InChI=1S/C26H39N3O4/c30-25(31)22-6-8-23(9-7-22)27-26(32)29-16-10-21(11-17-29)19-33-24-12-14-28(15-13-24)18-20-4-2-1-3-5-20/h1-5,21-24H,6-19H2,(H,27,32)(H,30,31). The number of likely N-dealkylation sites (tertiary alicyclic amines) is 2. The molecule has 0 atom stereocenters. The summed E-state index contributed by atoms with van der Waals surface area (Å²) >= 11 is 0. The minimum Gasteiger partial charge on any atom is -0.481 e. The summed E-state index contributed by atoms with van der Waals surface area (Å²) in [7, 11) is 0. The van der Waals surface area contributed by atoms with Crippen molar-refractivity contribution in [2.45, 2.75) is 70.1 Å². The number of ether oxygens (including phenoxy) is 1. The maximum absolute atomic E-state index is 12.6. The Balaban J connectivity index is 1.08. The second-order valence-electron chi connectivity index (χ2n) is 10.1. The fraction of sp³-hybridized carbons (Fsp3) is 0.692. The molecule has 1 aliphatic carbocycles. The van der Waals surface area contributed by atoms with Gasteiger partial charge in [0.25, 0.3) is 0 Å². The first-order valence-electron chi connectivity index (χ1n) is 12.7. The molecule has 0 bridgehead atoms. The minimum atomic E-state index is -0.707. The van der Waals surface area contributed by atoms with E-state index >= 15 is 0 Å². The van der Waals surface area contributed by atoms with Crippen molar-refractivity contribution in [2.75, 3.05) is 32.8 Å². The number of benzene rings is 1. The molecule has 3 fully saturated rings. The highest BCUT2D eigenvalue weighted by atomic mass is 16.5. The van der Waals surface area contributed by atoms with Gasteiger partial charge in [-0.3, -0.25) is 9.69 Å². The molecule has 0 radical (unpaired) electrons. The van der Waals surface area contributed by atoms with Crippen LogP contribution >= 0.6 is 0 Å². The third-order valence-electron chi connectivity index (χ3n) is 7.66. The second-order valence-corrected chi connectivity index (χ2v) is 10.1. The SMILES string of the molecule is O=C(O)C1CCC(NC(=O)N2CCC(COC3CCN(Cc4ccccc4)CC3)CC2)CC1. The van der Waals surface area contributed by atoms with Crippen molar-refractivity contribution < 1.29 is 19.4 Å². The number of nitrogens with one attached hydrogen (secondary N) is 1. The molecule has 2 N–H and O–H groups in total. The number of carboxylic acids is 1. The number of carboxylic acid groups (broad SMARTS) is 1. The first kappa shape index (κ1) is 24.0. The van der Waals surface area contributed by atoms with Gasteiger partial charge in [-0.15, -0.1) is 0 Å². The summed E-state index contributed by atoms with van der Waals surface area (Å²) in [6, 6.07) is 10.8. The lowest BCUT2D eigenvalue weighted by atomic mass is 9.86. The molecule has 7 nitrogen and oxygen atoms in total. The number of piperidine rings is 2. The lowest BCUT2D eigenvalue weighted by molar-refractivity contribution is -0.142. The van der Waals surface area contributed by atoms with Crippen molar-refractivity contribution in [1.29, 1.82) is 0 Å². The topological polar surface area (TPSA) is 82.1 Å². The van der Waals surface area contributed by atoms with Crippen molar-refractivity contribution in [1.82, 2.24) is 15.1 Å². The molecule has 0 spiro atoms. The van der Waals surface area contributed by atoms with Gasteiger partial charge in [-0.05, 0) is 62.8 Å². The van der Waals surface area contributed by atoms with Crippen LogP contribution in [0.2, 0.25) is 0 Å². The molecule has 1 aromatic rings. The summed E-state index contributed by atoms with van der Waals surface area (Å²) in [5.74, 6) is -0.422. The van der Waals surface area contributed by atoms with Crippen molar-refractivity contribution in [3.05, 3.63) is 35.9 Å². The molecule has 2 aliphatic heterocycles. The van der Waals surface area contributed by atoms with Gasteiger partial charge < -0.3 is 20.1 Å². The normalized spacial score (nSPS) is 25.6. The van der Waals surface area contributed by atoms with E-state index in [9.17, 15) is 9.59 Å². The van der Waals surface area contributed by atoms with E-state index in [1.54, 1.807) is 0 Å². The van der Waals surface area contributed by atoms with Crippen LogP contribution in [0.4, 0.5) is 4.79 Å². The Morgan fingerprint density at radius 1 is 0.909 bits per heavy atom. The van der Waals surface area contributed by atoms with Crippen LogP contribution in [0.5, 0.6) is 0 Å². The fourth-order valence-corrected chi connectivity index (χ4v) is 5.40. The smallest absolute Gasteiger partial charge is 0.317 e. The van der Waals surface area contributed by atoms with Crippen molar-refractivity contribution in [3.8, 4) is 0 Å². The van der Waals surface area contributed by atoms with Crippen LogP contribution in [0, 0.1) is 11.8 Å². The highest BCUT2D eigenvalue weighted by Crippen LogP contribution is 2.25. The van der Waals surface area contributed by atoms with Gasteiger partial charge in [0.1, 0.15) is 0 Å². The fourth-order valence-electron chi connectivity index (χ4n) is 5.40. The summed E-state index contributed by atoms with van der Waals surface area (Å²) in [6.45, 7) is 5.56. The molecule has 0 aromatic heterocycles. The summed E-state index contributed by atoms with van der Waals surface area (Å²) in [5.41, 5.74) is 1.38. The Labute approximate surface area is 197 Å². The summed E-state index contributed by atoms with van der Waals surface area (Å²) in [6.07, 6.45) is 7.37. The number of carbonyl (C=O) groups excluding carboxylic acids is 1. The van der Waals surface area contributed by atoms with Gasteiger partial charge in [0, 0.05) is 45.4 Å². The molecule has 3 aliphatic rings. The summed E-state index contributed by atoms with van der Waals surface area (Å²) < 4.78 is 6.27. The number of amides is 2. The van der Waals surface area contributed by atoms with Crippen LogP contribution in [0.25, 0.3) is 0 Å². The Hall–Kier alpha value is -2.12. The first-order valence-corrected chi connectivity index (χ1v) is 12.7. The Kier molecular flexibility index (Phi) is 8.62. The van der Waals surface area contributed by atoms with Crippen LogP contribution < -0.4 is 5.32 Å². The average molecular weight is 458 g/mol. The molecule has 2 amide bonds. The van der Waals surface area contributed by atoms with E-state index in [0.717, 1.165) is 77.9 Å². The van der Waals surface area contributed by atoms with Gasteiger partial charge in [-0.25, -0.2) is 4.79 Å². The monoisotopic (exact) mass is 457 g/mol. The van der Waals surface area contributed by atoms with Crippen molar-refractivity contribution in [2.24, 2.45) is 11.8 Å². The van der Waals surface area contributed by atoms with E-state index in [-0.39, 0.29) is 18.0 Å². The number of carbonyl (C=O) groups is 2. The zero-order chi connectivity index (χ0) is 23.0. The number of rotatable bonds is 7. The van der Waals surface area contributed by atoms with Gasteiger partial charge >= 0.3 is 12.0 Å². The third-order valence-corrected chi connectivity index (χ3v) is 7.66. The highest BCUT2D eigenvalue weighted by Gasteiger charge is 2.29. The number of nitrogens with zero attached hydrogens (tertiary/aromatic N) is 2. The molecule has 4 rings (SSSR count). The highest BCUT2D eigenvalue weighted by molar-refractivity contribution is 5.74. The zero-order valence-electron chi connectivity index (χ0n) is 19.7. The van der Waals surface area contributed by atoms with Crippen LogP contribution in [0.1, 0.15) is 56.9 Å². The van der Waals surface area contributed by atoms with E-state index in [4.69, 9.17) is 9.84 Å². The lowest BCUT2D eigenvalue weighted by Crippen LogP contribution is -2.49.